The van der Waals surface area contributed by atoms with Crippen LogP contribution in [0.4, 0.5) is 0 Å². The van der Waals surface area contributed by atoms with E-state index in [2.05, 4.69) is 5.32 Å². The predicted octanol–water partition coefficient (Wildman–Crippen LogP) is 3.67. The molecule has 0 saturated heterocycles. The van der Waals surface area contributed by atoms with E-state index in [1.165, 1.54) is 0 Å². The molecule has 0 fully saturated rings. The van der Waals surface area contributed by atoms with Gasteiger partial charge < -0.3 is 15.0 Å². The van der Waals surface area contributed by atoms with E-state index in [9.17, 15) is 9.59 Å². The van der Waals surface area contributed by atoms with Gasteiger partial charge >= 0.3 is 0 Å². The van der Waals surface area contributed by atoms with E-state index in [0.29, 0.717) is 25.3 Å². The summed E-state index contributed by atoms with van der Waals surface area (Å²) in [5.41, 5.74) is 3.18. The molecule has 0 radical (unpaired) electrons. The molecule has 5 nitrogen and oxygen atoms in total. The molecule has 0 aromatic heterocycles. The molecule has 156 valence electrons. The Balaban J connectivity index is 2.08. The number of benzene rings is 2. The van der Waals surface area contributed by atoms with Gasteiger partial charge in [-0.3, -0.25) is 9.59 Å². The van der Waals surface area contributed by atoms with Gasteiger partial charge in [0.15, 0.2) is 6.61 Å². The topological polar surface area (TPSA) is 58.6 Å². The first-order valence-corrected chi connectivity index (χ1v) is 10.2. The summed E-state index contributed by atoms with van der Waals surface area (Å²) in [5.74, 6) is 0.366. The average molecular weight is 397 g/mol. The lowest BCUT2D eigenvalue weighted by Gasteiger charge is -2.28. The summed E-state index contributed by atoms with van der Waals surface area (Å²) in [4.78, 5) is 27.1. The number of aryl methyl sites for hydroxylation is 2. The Morgan fingerprint density at radius 3 is 2.52 bits per heavy atom. The predicted molar refractivity (Wildman–Crippen MR) is 116 cm³/mol. The molecule has 2 aromatic carbocycles. The lowest BCUT2D eigenvalue weighted by molar-refractivity contribution is -0.141. The van der Waals surface area contributed by atoms with Crippen LogP contribution in [0, 0.1) is 13.8 Å². The van der Waals surface area contributed by atoms with Crippen molar-refractivity contribution in [3.8, 4) is 5.75 Å². The van der Waals surface area contributed by atoms with Gasteiger partial charge in [-0.2, -0.15) is 0 Å². The molecule has 5 heteroatoms. The zero-order valence-corrected chi connectivity index (χ0v) is 17.9. The number of hydrogen-bond acceptors (Lipinski definition) is 3. The molecule has 1 atom stereocenters. The molecular weight excluding hydrogens is 364 g/mol. The molecule has 1 N–H and O–H groups in total. The van der Waals surface area contributed by atoms with Crippen LogP contribution in [0.15, 0.2) is 48.5 Å². The van der Waals surface area contributed by atoms with E-state index in [-0.39, 0.29) is 18.4 Å². The molecule has 0 aliphatic carbocycles. The Kier molecular flexibility index (Phi) is 8.71. The smallest absolute Gasteiger partial charge is 0.261 e. The fraction of sp³-hybridized carbons (Fsp3) is 0.417. The third-order valence-electron chi connectivity index (χ3n) is 4.90. The van der Waals surface area contributed by atoms with Gasteiger partial charge in [-0.15, -0.1) is 0 Å². The van der Waals surface area contributed by atoms with Crippen molar-refractivity contribution >= 4 is 11.8 Å². The first-order valence-electron chi connectivity index (χ1n) is 10.2. The van der Waals surface area contributed by atoms with Crippen molar-refractivity contribution in [3.63, 3.8) is 0 Å². The third-order valence-corrected chi connectivity index (χ3v) is 4.90. The molecule has 0 heterocycles. The molecular formula is C24H32N2O3. The summed E-state index contributed by atoms with van der Waals surface area (Å²) in [6.07, 6.45) is 1.54. The summed E-state index contributed by atoms with van der Waals surface area (Å²) in [6.45, 7) is 8.67. The van der Waals surface area contributed by atoms with Crippen LogP contribution in [0.1, 0.15) is 37.0 Å². The van der Waals surface area contributed by atoms with Crippen LogP contribution in [0.5, 0.6) is 5.75 Å². The molecule has 2 aromatic rings. The van der Waals surface area contributed by atoms with E-state index in [1.807, 2.05) is 69.3 Å². The second kappa shape index (κ2) is 11.2. The lowest BCUT2D eigenvalue weighted by atomic mass is 10.1. The van der Waals surface area contributed by atoms with Crippen molar-refractivity contribution in [1.82, 2.24) is 10.2 Å². The number of hydrogen-bond donors (Lipinski definition) is 1. The minimum absolute atomic E-state index is 0.0928. The second-order valence-corrected chi connectivity index (χ2v) is 7.35. The van der Waals surface area contributed by atoms with Gasteiger partial charge in [0.25, 0.3) is 5.91 Å². The van der Waals surface area contributed by atoms with Crippen LogP contribution < -0.4 is 10.1 Å². The van der Waals surface area contributed by atoms with E-state index < -0.39 is 6.04 Å². The van der Waals surface area contributed by atoms with Crippen molar-refractivity contribution in [3.05, 3.63) is 65.2 Å². The summed E-state index contributed by atoms with van der Waals surface area (Å²) >= 11 is 0. The van der Waals surface area contributed by atoms with E-state index in [1.54, 1.807) is 11.8 Å². The van der Waals surface area contributed by atoms with E-state index in [0.717, 1.165) is 23.1 Å². The van der Waals surface area contributed by atoms with Crippen molar-refractivity contribution in [1.29, 1.82) is 0 Å². The molecule has 2 rings (SSSR count). The highest BCUT2D eigenvalue weighted by Crippen LogP contribution is 2.19. The molecule has 0 aliphatic heterocycles. The highest BCUT2D eigenvalue weighted by molar-refractivity contribution is 5.88. The summed E-state index contributed by atoms with van der Waals surface area (Å²) in [6, 6.07) is 15.3. The maximum Gasteiger partial charge on any atom is 0.261 e. The average Bonchev–Trinajstić information content (AvgIpc) is 2.73. The number of nitrogens with one attached hydrogen (secondary N) is 1. The minimum atomic E-state index is -0.556. The van der Waals surface area contributed by atoms with Crippen LogP contribution in [0.3, 0.4) is 0 Å². The Bertz CT molecular complexity index is 805. The van der Waals surface area contributed by atoms with Gasteiger partial charge in [-0.25, -0.2) is 0 Å². The van der Waals surface area contributed by atoms with Crippen LogP contribution in [0.25, 0.3) is 0 Å². The number of carbonyl (C=O) groups excluding carboxylic acids is 2. The van der Waals surface area contributed by atoms with Gasteiger partial charge in [-0.1, -0.05) is 49.4 Å². The number of carbonyl (C=O) groups is 2. The fourth-order valence-electron chi connectivity index (χ4n) is 3.05. The van der Waals surface area contributed by atoms with Crippen molar-refractivity contribution in [2.75, 3.05) is 19.7 Å². The monoisotopic (exact) mass is 396 g/mol. The second-order valence-electron chi connectivity index (χ2n) is 7.35. The zero-order chi connectivity index (χ0) is 21.2. The van der Waals surface area contributed by atoms with Gasteiger partial charge in [0.05, 0.1) is 0 Å². The first kappa shape index (κ1) is 22.5. The molecule has 0 spiro atoms. The SMILES string of the molecule is CCCNC(=O)C(C)N(CCc1ccccc1)C(=O)COc1cc(C)ccc1C. The normalized spacial score (nSPS) is 11.6. The van der Waals surface area contributed by atoms with E-state index >= 15 is 0 Å². The van der Waals surface area contributed by atoms with Gasteiger partial charge in [0, 0.05) is 13.1 Å². The quantitative estimate of drug-likeness (QED) is 0.667. The number of ether oxygens (including phenoxy) is 1. The number of nitrogens with zero attached hydrogens (tertiary/aromatic N) is 1. The Morgan fingerprint density at radius 2 is 1.83 bits per heavy atom. The molecule has 29 heavy (non-hydrogen) atoms. The van der Waals surface area contributed by atoms with Gasteiger partial charge in [0.1, 0.15) is 11.8 Å². The zero-order valence-electron chi connectivity index (χ0n) is 17.9. The number of amides is 2. The van der Waals surface area contributed by atoms with E-state index in [4.69, 9.17) is 4.74 Å². The minimum Gasteiger partial charge on any atom is -0.483 e. The Morgan fingerprint density at radius 1 is 1.10 bits per heavy atom. The van der Waals surface area contributed by atoms with Crippen molar-refractivity contribution < 1.29 is 14.3 Å². The van der Waals surface area contributed by atoms with Gasteiger partial charge in [0.2, 0.25) is 5.91 Å². The maximum absolute atomic E-state index is 13.0. The third kappa shape index (κ3) is 6.93. The van der Waals surface area contributed by atoms with Crippen LogP contribution >= 0.6 is 0 Å². The molecule has 0 bridgehead atoms. The van der Waals surface area contributed by atoms with Gasteiger partial charge in [-0.05, 0) is 56.4 Å². The highest BCUT2D eigenvalue weighted by atomic mass is 16.5. The summed E-state index contributed by atoms with van der Waals surface area (Å²) in [5, 5.41) is 2.88. The summed E-state index contributed by atoms with van der Waals surface area (Å²) in [7, 11) is 0. The van der Waals surface area contributed by atoms with Crippen LogP contribution in [-0.2, 0) is 16.0 Å². The molecule has 2 amide bonds. The van der Waals surface area contributed by atoms with Crippen LogP contribution in [-0.4, -0.2) is 42.5 Å². The summed E-state index contributed by atoms with van der Waals surface area (Å²) < 4.78 is 5.80. The lowest BCUT2D eigenvalue weighted by Crippen LogP contribution is -2.50. The number of rotatable bonds is 10. The standard InChI is InChI=1S/C24H32N2O3/c1-5-14-25-24(28)20(4)26(15-13-21-9-7-6-8-10-21)23(27)17-29-22-16-18(2)11-12-19(22)3/h6-12,16,20H,5,13-15,17H2,1-4H3,(H,25,28). The Hall–Kier alpha value is -2.82. The Labute approximate surface area is 174 Å². The van der Waals surface area contributed by atoms with Crippen LogP contribution in [0.2, 0.25) is 0 Å². The maximum atomic E-state index is 13.0. The highest BCUT2D eigenvalue weighted by Gasteiger charge is 2.26. The largest absolute Gasteiger partial charge is 0.483 e. The first-order chi connectivity index (χ1) is 13.9. The molecule has 0 aliphatic rings. The van der Waals surface area contributed by atoms with Crippen molar-refractivity contribution in [2.45, 2.75) is 46.6 Å². The fourth-order valence-corrected chi connectivity index (χ4v) is 3.05. The molecule has 0 saturated carbocycles. The molecule has 1 unspecified atom stereocenters. The van der Waals surface area contributed by atoms with Crippen molar-refractivity contribution in [2.24, 2.45) is 0 Å².